The summed E-state index contributed by atoms with van der Waals surface area (Å²) >= 11 is 4.77. The van der Waals surface area contributed by atoms with E-state index in [-0.39, 0.29) is 34.5 Å². The molecule has 7 nitrogen and oxygen atoms in total. The second-order valence-electron chi connectivity index (χ2n) is 4.66. The molecule has 4 N–H and O–H groups in total. The maximum atomic E-state index is 12.3. The molecule has 0 aromatic heterocycles. The summed E-state index contributed by atoms with van der Waals surface area (Å²) in [7, 11) is 0. The van der Waals surface area contributed by atoms with E-state index < -0.39 is 24.0 Å². The van der Waals surface area contributed by atoms with Crippen LogP contribution in [0.15, 0.2) is 24.3 Å². The highest BCUT2D eigenvalue weighted by Crippen LogP contribution is 2.24. The van der Waals surface area contributed by atoms with Gasteiger partial charge in [-0.1, -0.05) is 23.9 Å². The molecule has 9 heteroatoms. The molecule has 0 spiro atoms. The summed E-state index contributed by atoms with van der Waals surface area (Å²) in [6.07, 6.45) is 0. The lowest BCUT2D eigenvalue weighted by Crippen LogP contribution is -2.36. The molecule has 0 radical (unpaired) electrons. The minimum absolute atomic E-state index is 0.0517. The quantitative estimate of drug-likeness (QED) is 0.345. The highest BCUT2D eigenvalue weighted by atomic mass is 32.2. The van der Waals surface area contributed by atoms with Crippen molar-refractivity contribution in [2.24, 2.45) is 11.5 Å². The van der Waals surface area contributed by atoms with Crippen molar-refractivity contribution in [2.75, 3.05) is 18.1 Å². The van der Waals surface area contributed by atoms with Gasteiger partial charge in [0, 0.05) is 11.5 Å². The van der Waals surface area contributed by atoms with E-state index in [1.54, 1.807) is 19.1 Å². The standard InChI is InChI=1S/C15H20N2O5S2/c1-2-21-13(18)11(17)8-24-15(20)9-5-3-4-6-12(9)22-14(19)10(16)7-23/h3-6,10-11,23H,2,7-8,16-17H2,1H3. The van der Waals surface area contributed by atoms with Crippen molar-refractivity contribution >= 4 is 41.4 Å². The van der Waals surface area contributed by atoms with Crippen LogP contribution < -0.4 is 16.2 Å². The van der Waals surface area contributed by atoms with E-state index in [9.17, 15) is 14.4 Å². The number of hydrogen-bond acceptors (Lipinski definition) is 9. The molecule has 1 aromatic carbocycles. The zero-order valence-electron chi connectivity index (χ0n) is 13.1. The molecule has 0 saturated carbocycles. The van der Waals surface area contributed by atoms with Crippen molar-refractivity contribution in [3.05, 3.63) is 29.8 Å². The number of nitrogens with two attached hydrogens (primary N) is 2. The molecular weight excluding hydrogens is 352 g/mol. The van der Waals surface area contributed by atoms with Crippen molar-refractivity contribution in [3.63, 3.8) is 0 Å². The monoisotopic (exact) mass is 372 g/mol. The number of rotatable bonds is 8. The second kappa shape index (κ2) is 10.3. The molecule has 2 unspecified atom stereocenters. The van der Waals surface area contributed by atoms with Crippen LogP contribution in [0.25, 0.3) is 0 Å². The van der Waals surface area contributed by atoms with Crippen LogP contribution in [0.3, 0.4) is 0 Å². The molecule has 1 aromatic rings. The second-order valence-corrected chi connectivity index (χ2v) is 6.02. The highest BCUT2D eigenvalue weighted by Gasteiger charge is 2.21. The predicted octanol–water partition coefficient (Wildman–Crippen LogP) is 0.613. The lowest BCUT2D eigenvalue weighted by Gasteiger charge is -2.13. The number of ether oxygens (including phenoxy) is 2. The topological polar surface area (TPSA) is 122 Å². The first-order valence-electron chi connectivity index (χ1n) is 7.17. The van der Waals surface area contributed by atoms with Gasteiger partial charge >= 0.3 is 11.9 Å². The Morgan fingerprint density at radius 1 is 1.17 bits per heavy atom. The van der Waals surface area contributed by atoms with E-state index in [0.717, 1.165) is 11.8 Å². The van der Waals surface area contributed by atoms with Crippen LogP contribution in [0.1, 0.15) is 17.3 Å². The van der Waals surface area contributed by atoms with Crippen LogP contribution >= 0.6 is 24.4 Å². The molecule has 0 saturated heterocycles. The molecule has 132 valence electrons. The van der Waals surface area contributed by atoms with Gasteiger partial charge in [-0.05, 0) is 19.1 Å². The Morgan fingerprint density at radius 3 is 2.46 bits per heavy atom. The van der Waals surface area contributed by atoms with Gasteiger partial charge in [0.1, 0.15) is 17.8 Å². The first-order chi connectivity index (χ1) is 11.4. The largest absolute Gasteiger partial charge is 0.465 e. The van der Waals surface area contributed by atoms with Gasteiger partial charge in [0.05, 0.1) is 12.2 Å². The van der Waals surface area contributed by atoms with Crippen molar-refractivity contribution in [3.8, 4) is 5.75 Å². The molecule has 0 aliphatic rings. The zero-order chi connectivity index (χ0) is 18.1. The van der Waals surface area contributed by atoms with Crippen LogP contribution in [-0.2, 0) is 14.3 Å². The number of carbonyl (C=O) groups is 3. The summed E-state index contributed by atoms with van der Waals surface area (Å²) in [5.74, 6) is -0.980. The molecule has 0 fully saturated rings. The van der Waals surface area contributed by atoms with E-state index in [1.807, 2.05) is 0 Å². The maximum absolute atomic E-state index is 12.3. The number of thiol groups is 1. The van der Waals surface area contributed by atoms with Crippen LogP contribution in [0, 0.1) is 0 Å². The summed E-state index contributed by atoms with van der Waals surface area (Å²) in [5.41, 5.74) is 11.4. The molecule has 1 rings (SSSR count). The number of para-hydroxylation sites is 1. The Bertz CT molecular complexity index is 597. The van der Waals surface area contributed by atoms with E-state index in [1.165, 1.54) is 12.1 Å². The Labute approximate surface area is 149 Å². The van der Waals surface area contributed by atoms with Crippen LogP contribution in [-0.4, -0.2) is 47.3 Å². The van der Waals surface area contributed by atoms with Gasteiger partial charge in [-0.3, -0.25) is 9.59 Å². The summed E-state index contributed by atoms with van der Waals surface area (Å²) in [5, 5.41) is -0.377. The Kier molecular flexibility index (Phi) is 8.83. The fourth-order valence-electron chi connectivity index (χ4n) is 1.54. The molecule has 0 bridgehead atoms. The summed E-state index contributed by atoms with van der Waals surface area (Å²) < 4.78 is 9.92. The zero-order valence-corrected chi connectivity index (χ0v) is 14.8. The minimum Gasteiger partial charge on any atom is -0.465 e. The molecule has 0 aliphatic heterocycles. The van der Waals surface area contributed by atoms with Crippen molar-refractivity contribution in [1.29, 1.82) is 0 Å². The maximum Gasteiger partial charge on any atom is 0.329 e. The van der Waals surface area contributed by atoms with E-state index in [4.69, 9.17) is 20.9 Å². The Morgan fingerprint density at radius 2 is 1.83 bits per heavy atom. The molecule has 0 amide bonds. The molecule has 2 atom stereocenters. The van der Waals surface area contributed by atoms with Gasteiger partial charge in [0.15, 0.2) is 0 Å². The van der Waals surface area contributed by atoms with E-state index >= 15 is 0 Å². The number of benzene rings is 1. The fourth-order valence-corrected chi connectivity index (χ4v) is 2.48. The van der Waals surface area contributed by atoms with Crippen molar-refractivity contribution in [2.45, 2.75) is 19.0 Å². The smallest absolute Gasteiger partial charge is 0.329 e. The normalized spacial score (nSPS) is 13.0. The van der Waals surface area contributed by atoms with Gasteiger partial charge in [0.2, 0.25) is 5.12 Å². The lowest BCUT2D eigenvalue weighted by molar-refractivity contribution is -0.144. The Balaban J connectivity index is 2.74. The average molecular weight is 372 g/mol. The third-order valence-electron chi connectivity index (χ3n) is 2.80. The van der Waals surface area contributed by atoms with Crippen molar-refractivity contribution < 1.29 is 23.9 Å². The minimum atomic E-state index is -0.911. The van der Waals surface area contributed by atoms with Gasteiger partial charge in [-0.2, -0.15) is 12.6 Å². The number of carbonyl (C=O) groups excluding carboxylic acids is 3. The number of hydrogen-bond donors (Lipinski definition) is 3. The average Bonchev–Trinajstić information content (AvgIpc) is 2.59. The Hall–Kier alpha value is -1.55. The molecule has 0 heterocycles. The number of thioether (sulfide) groups is 1. The van der Waals surface area contributed by atoms with Crippen LogP contribution in [0.2, 0.25) is 0 Å². The molecular formula is C15H20N2O5S2. The van der Waals surface area contributed by atoms with E-state index in [0.29, 0.717) is 0 Å². The summed E-state index contributed by atoms with van der Waals surface area (Å²) in [6, 6.07) is 4.46. The molecule has 0 aliphatic carbocycles. The summed E-state index contributed by atoms with van der Waals surface area (Å²) in [6.45, 7) is 1.89. The van der Waals surface area contributed by atoms with Crippen LogP contribution in [0.5, 0.6) is 5.75 Å². The number of esters is 2. The summed E-state index contributed by atoms with van der Waals surface area (Å²) in [4.78, 5) is 35.5. The molecule has 24 heavy (non-hydrogen) atoms. The highest BCUT2D eigenvalue weighted by molar-refractivity contribution is 8.14. The fraction of sp³-hybridized carbons (Fsp3) is 0.400. The first-order valence-corrected chi connectivity index (χ1v) is 8.79. The lowest BCUT2D eigenvalue weighted by atomic mass is 10.2. The SMILES string of the molecule is CCOC(=O)C(N)CSC(=O)c1ccccc1OC(=O)C(N)CS. The van der Waals surface area contributed by atoms with Gasteiger partial charge in [-0.25, -0.2) is 4.79 Å². The third kappa shape index (κ3) is 6.16. The van der Waals surface area contributed by atoms with E-state index in [2.05, 4.69) is 12.6 Å². The van der Waals surface area contributed by atoms with Gasteiger partial charge in [0.25, 0.3) is 0 Å². The van der Waals surface area contributed by atoms with Gasteiger partial charge < -0.3 is 20.9 Å². The van der Waals surface area contributed by atoms with Crippen LogP contribution in [0.4, 0.5) is 0 Å². The van der Waals surface area contributed by atoms with Gasteiger partial charge in [-0.15, -0.1) is 0 Å². The third-order valence-corrected chi connectivity index (χ3v) is 4.20. The first kappa shape index (κ1) is 20.5. The van der Waals surface area contributed by atoms with Crippen molar-refractivity contribution in [1.82, 2.24) is 0 Å². The predicted molar refractivity (Wildman–Crippen MR) is 95.3 cm³/mol.